The average Bonchev–Trinajstić information content (AvgIpc) is 2.39. The smallest absolute Gasteiger partial charge is 0.311 e. The minimum absolute atomic E-state index is 0.0566. The molecule has 0 radical (unpaired) electrons. The third-order valence-electron chi connectivity index (χ3n) is 5.10. The normalized spacial score (nSPS) is 47.2. The monoisotopic (exact) mass is 274 g/mol. The fourth-order valence-corrected chi connectivity index (χ4v) is 4.93. The molecule has 15 heavy (non-hydrogen) atoms. The Morgan fingerprint density at radius 1 is 1.40 bits per heavy atom. The Bertz CT molecular complexity index is 363. The minimum atomic E-state index is -0.918. The number of hydrogen-bond acceptors (Lipinski definition) is 2. The summed E-state index contributed by atoms with van der Waals surface area (Å²) in [6.07, 6.45) is 1.28. The van der Waals surface area contributed by atoms with Gasteiger partial charge in [0.05, 0.1) is 10.2 Å². The Balaban J connectivity index is 2.68. The summed E-state index contributed by atoms with van der Waals surface area (Å²) >= 11 is 3.30. The molecule has 84 valence electrons. The van der Waals surface area contributed by atoms with Gasteiger partial charge in [0, 0.05) is 5.41 Å². The summed E-state index contributed by atoms with van der Waals surface area (Å²) in [6, 6.07) is 0. The van der Waals surface area contributed by atoms with Crippen LogP contribution in [0.3, 0.4) is 0 Å². The van der Waals surface area contributed by atoms with Gasteiger partial charge >= 0.3 is 5.97 Å². The summed E-state index contributed by atoms with van der Waals surface area (Å²) < 4.78 is 0. The Morgan fingerprint density at radius 2 is 1.93 bits per heavy atom. The van der Waals surface area contributed by atoms with E-state index in [9.17, 15) is 14.7 Å². The summed E-state index contributed by atoms with van der Waals surface area (Å²) in [5.41, 5.74) is -1.88. The highest BCUT2D eigenvalue weighted by Crippen LogP contribution is 2.72. The molecule has 3 atom stereocenters. The Hall–Kier alpha value is -0.380. The lowest BCUT2D eigenvalue weighted by Gasteiger charge is -2.37. The van der Waals surface area contributed by atoms with Crippen molar-refractivity contribution in [3.63, 3.8) is 0 Å². The minimum Gasteiger partial charge on any atom is -0.481 e. The number of carbonyl (C=O) groups is 2. The number of alkyl halides is 1. The largest absolute Gasteiger partial charge is 0.481 e. The highest BCUT2D eigenvalue weighted by atomic mass is 79.9. The maximum atomic E-state index is 12.1. The second-order valence-corrected chi connectivity index (χ2v) is 6.38. The predicted octanol–water partition coefficient (Wildman–Crippen LogP) is 2.23. The second kappa shape index (κ2) is 2.65. The van der Waals surface area contributed by atoms with Gasteiger partial charge in [-0.3, -0.25) is 9.59 Å². The van der Waals surface area contributed by atoms with E-state index in [2.05, 4.69) is 15.9 Å². The highest BCUT2D eigenvalue weighted by Gasteiger charge is 2.77. The number of rotatable bonds is 1. The zero-order chi connectivity index (χ0) is 11.6. The number of hydrogen-bond donors (Lipinski definition) is 1. The maximum absolute atomic E-state index is 12.1. The van der Waals surface area contributed by atoms with Crippen LogP contribution in [-0.4, -0.2) is 21.7 Å². The molecule has 4 heteroatoms. The number of aliphatic carboxylic acids is 1. The number of ketones is 1. The second-order valence-electron chi connectivity index (χ2n) is 5.46. The third-order valence-corrected chi connectivity index (χ3v) is 6.30. The van der Waals surface area contributed by atoms with Crippen LogP contribution in [0.25, 0.3) is 0 Å². The van der Waals surface area contributed by atoms with Crippen molar-refractivity contribution in [1.82, 2.24) is 0 Å². The third kappa shape index (κ3) is 0.846. The molecular formula is C11H15BrO3. The zero-order valence-electron chi connectivity index (χ0n) is 9.13. The van der Waals surface area contributed by atoms with Crippen molar-refractivity contribution in [3.8, 4) is 0 Å². The summed E-state index contributed by atoms with van der Waals surface area (Å²) in [6.45, 7) is 5.72. The van der Waals surface area contributed by atoms with Crippen LogP contribution in [0.4, 0.5) is 0 Å². The van der Waals surface area contributed by atoms with Crippen molar-refractivity contribution in [2.45, 2.75) is 38.4 Å². The molecule has 3 nitrogen and oxygen atoms in total. The van der Waals surface area contributed by atoms with Crippen molar-refractivity contribution in [3.05, 3.63) is 0 Å². The highest BCUT2D eigenvalue weighted by molar-refractivity contribution is 9.10. The first kappa shape index (κ1) is 11.1. The fourth-order valence-electron chi connectivity index (χ4n) is 3.43. The van der Waals surface area contributed by atoms with Crippen LogP contribution >= 0.6 is 15.9 Å². The molecule has 2 aliphatic rings. The van der Waals surface area contributed by atoms with Crippen molar-refractivity contribution in [1.29, 1.82) is 0 Å². The van der Waals surface area contributed by atoms with Gasteiger partial charge in [0.25, 0.3) is 0 Å². The molecule has 0 heterocycles. The number of fused-ring (bicyclic) bond motifs is 2. The van der Waals surface area contributed by atoms with E-state index in [4.69, 9.17) is 0 Å². The molecule has 2 aliphatic carbocycles. The van der Waals surface area contributed by atoms with E-state index in [-0.39, 0.29) is 5.78 Å². The Morgan fingerprint density at radius 3 is 2.20 bits per heavy atom. The average molecular weight is 275 g/mol. The molecule has 2 saturated carbocycles. The SMILES string of the molecule is CC1(C)[C@@]2(C)CC[C@@]1(C(=O)O)[C@H](Br)C2=O. The molecule has 0 aromatic heterocycles. The van der Waals surface area contributed by atoms with Crippen LogP contribution in [0.2, 0.25) is 0 Å². The summed E-state index contributed by atoms with van der Waals surface area (Å²) in [4.78, 5) is 23.1. The van der Waals surface area contributed by atoms with Crippen molar-refractivity contribution < 1.29 is 14.7 Å². The number of carboxylic acid groups (broad SMARTS) is 1. The Labute approximate surface area is 97.4 Å². The molecule has 2 fully saturated rings. The molecule has 0 aromatic rings. The summed E-state index contributed by atoms with van der Waals surface area (Å²) in [5, 5.41) is 9.45. The van der Waals surface area contributed by atoms with Gasteiger partial charge in [-0.2, -0.15) is 0 Å². The Kier molecular flexibility index (Phi) is 1.96. The lowest BCUT2D eigenvalue weighted by molar-refractivity contribution is -0.153. The number of halogens is 1. The van der Waals surface area contributed by atoms with E-state index in [1.807, 2.05) is 20.8 Å². The molecule has 0 spiro atoms. The van der Waals surface area contributed by atoms with E-state index in [1.54, 1.807) is 0 Å². The first-order valence-corrected chi connectivity index (χ1v) is 6.05. The van der Waals surface area contributed by atoms with E-state index in [0.717, 1.165) is 0 Å². The van der Waals surface area contributed by atoms with Gasteiger partial charge in [-0.25, -0.2) is 0 Å². The molecule has 0 aliphatic heterocycles. The van der Waals surface area contributed by atoms with Crippen LogP contribution < -0.4 is 0 Å². The summed E-state index contributed by atoms with van der Waals surface area (Å²) in [7, 11) is 0. The van der Waals surface area contributed by atoms with Gasteiger partial charge in [-0.05, 0) is 18.3 Å². The topological polar surface area (TPSA) is 54.4 Å². The van der Waals surface area contributed by atoms with Crippen LogP contribution in [0.15, 0.2) is 0 Å². The van der Waals surface area contributed by atoms with Crippen LogP contribution in [-0.2, 0) is 9.59 Å². The van der Waals surface area contributed by atoms with E-state index in [1.165, 1.54) is 0 Å². The lowest BCUT2D eigenvalue weighted by atomic mass is 9.65. The van der Waals surface area contributed by atoms with Crippen molar-refractivity contribution >= 4 is 27.7 Å². The quantitative estimate of drug-likeness (QED) is 0.746. The van der Waals surface area contributed by atoms with Crippen LogP contribution in [0.1, 0.15) is 33.6 Å². The van der Waals surface area contributed by atoms with Crippen LogP contribution in [0.5, 0.6) is 0 Å². The van der Waals surface area contributed by atoms with Crippen molar-refractivity contribution in [2.75, 3.05) is 0 Å². The molecule has 2 rings (SSSR count). The van der Waals surface area contributed by atoms with E-state index in [0.29, 0.717) is 12.8 Å². The van der Waals surface area contributed by atoms with Crippen molar-refractivity contribution in [2.24, 2.45) is 16.2 Å². The number of carboxylic acids is 1. The predicted molar refractivity (Wildman–Crippen MR) is 58.9 cm³/mol. The number of carbonyl (C=O) groups excluding carboxylic acids is 1. The lowest BCUT2D eigenvalue weighted by Crippen LogP contribution is -2.44. The maximum Gasteiger partial charge on any atom is 0.311 e. The van der Waals surface area contributed by atoms with Gasteiger partial charge in [0.15, 0.2) is 5.78 Å². The molecule has 0 saturated heterocycles. The fraction of sp³-hybridized carbons (Fsp3) is 0.818. The molecule has 0 aromatic carbocycles. The molecule has 1 N–H and O–H groups in total. The first-order valence-electron chi connectivity index (χ1n) is 5.13. The van der Waals surface area contributed by atoms with E-state index < -0.39 is 27.0 Å². The van der Waals surface area contributed by atoms with E-state index >= 15 is 0 Å². The van der Waals surface area contributed by atoms with Gasteiger partial charge in [-0.15, -0.1) is 0 Å². The standard InChI is InChI=1S/C11H15BrO3/c1-9(2)10(3)4-5-11(9,8(14)15)6(12)7(10)13/h6H,4-5H2,1-3H3,(H,14,15)/t6-,10+,11+/m1/s1. The van der Waals surface area contributed by atoms with Gasteiger partial charge in [0.1, 0.15) is 0 Å². The molecule has 0 unspecified atom stereocenters. The summed E-state index contributed by atoms with van der Waals surface area (Å²) in [5.74, 6) is -0.787. The number of Topliss-reactive ketones (excluding diaryl/α,β-unsaturated/α-hetero) is 1. The first-order chi connectivity index (χ1) is 6.72. The van der Waals surface area contributed by atoms with Gasteiger partial charge in [0.2, 0.25) is 0 Å². The zero-order valence-corrected chi connectivity index (χ0v) is 10.7. The van der Waals surface area contributed by atoms with Gasteiger partial charge in [-0.1, -0.05) is 36.7 Å². The molecule has 2 bridgehead atoms. The van der Waals surface area contributed by atoms with Crippen LogP contribution in [0, 0.1) is 16.2 Å². The van der Waals surface area contributed by atoms with Gasteiger partial charge < -0.3 is 5.11 Å². The molecule has 0 amide bonds. The molecular weight excluding hydrogens is 260 g/mol.